The van der Waals surface area contributed by atoms with Gasteiger partial charge in [-0.2, -0.15) is 0 Å². The Hall–Kier alpha value is -2.63. The van der Waals surface area contributed by atoms with Gasteiger partial charge in [0.15, 0.2) is 5.60 Å². The van der Waals surface area contributed by atoms with E-state index in [1.807, 2.05) is 44.2 Å². The van der Waals surface area contributed by atoms with Crippen molar-refractivity contribution in [2.75, 3.05) is 6.61 Å². The molecule has 0 aromatic heterocycles. The number of hydrogen-bond donors (Lipinski definition) is 3. The molecule has 3 saturated heterocycles. The van der Waals surface area contributed by atoms with E-state index in [2.05, 4.69) is 13.5 Å². The van der Waals surface area contributed by atoms with E-state index in [1.54, 1.807) is 30.3 Å². The molecule has 9 heteroatoms. The molecule has 0 radical (unpaired) electrons. The second-order valence-corrected chi connectivity index (χ2v) is 13.8. The standard InChI is InChI=1S/C34H38O9/c1-18(2)30-16-20(4)33-23-15-19(3)25(35)32(23,38)29(37)31(17-39-28(36)21-11-7-5-8-12-21)27(40-31)24(33)26(30)41-34(42-30,43-33)22-13-9-6-10-14-22/h5-14,19-20,23-27,29,35,37-38H,1,15-17H2,2-4H3/t19-,20+,23+,24+,25-,26+,27-,29+,30+,31-,32+,33-,34?/m0/s1. The molecule has 6 fully saturated rings. The molecule has 2 aromatic rings. The molecule has 3 bridgehead atoms. The maximum atomic E-state index is 13.0. The van der Waals surface area contributed by atoms with Crippen molar-refractivity contribution in [3.63, 3.8) is 0 Å². The van der Waals surface area contributed by atoms with Crippen molar-refractivity contribution in [2.24, 2.45) is 23.7 Å². The van der Waals surface area contributed by atoms with Crippen molar-refractivity contribution in [1.29, 1.82) is 0 Å². The van der Waals surface area contributed by atoms with Gasteiger partial charge in [-0.15, -0.1) is 0 Å². The molecule has 9 nitrogen and oxygen atoms in total. The van der Waals surface area contributed by atoms with E-state index >= 15 is 0 Å². The molecule has 0 spiro atoms. The van der Waals surface area contributed by atoms with Crippen LogP contribution >= 0.6 is 0 Å². The molecule has 13 atom stereocenters. The normalized spacial score (nSPS) is 50.3. The Morgan fingerprint density at radius 2 is 1.67 bits per heavy atom. The van der Waals surface area contributed by atoms with E-state index in [0.29, 0.717) is 24.0 Å². The predicted octanol–water partition coefficient (Wildman–Crippen LogP) is 3.07. The molecule has 3 aliphatic carbocycles. The summed E-state index contributed by atoms with van der Waals surface area (Å²) >= 11 is 0. The number of aliphatic hydroxyl groups is 3. The van der Waals surface area contributed by atoms with Gasteiger partial charge in [-0.05, 0) is 49.3 Å². The molecule has 8 rings (SSSR count). The molecular weight excluding hydrogens is 552 g/mol. The molecular formula is C34H38O9. The van der Waals surface area contributed by atoms with Crippen molar-refractivity contribution in [2.45, 2.75) is 86.4 Å². The topological polar surface area (TPSA) is 127 Å². The number of ether oxygens (including phenoxy) is 5. The van der Waals surface area contributed by atoms with Crippen LogP contribution in [0.1, 0.15) is 49.5 Å². The molecule has 0 amide bonds. The van der Waals surface area contributed by atoms with Crippen molar-refractivity contribution in [3.05, 3.63) is 83.9 Å². The quantitative estimate of drug-likeness (QED) is 0.274. The lowest BCUT2D eigenvalue weighted by atomic mass is 9.54. The predicted molar refractivity (Wildman–Crippen MR) is 151 cm³/mol. The van der Waals surface area contributed by atoms with Crippen LogP contribution in [0.5, 0.6) is 0 Å². The molecule has 6 aliphatic rings. The number of fused-ring (bicyclic) bond motifs is 3. The number of benzene rings is 2. The van der Waals surface area contributed by atoms with Crippen molar-refractivity contribution < 1.29 is 43.8 Å². The van der Waals surface area contributed by atoms with Gasteiger partial charge in [0.2, 0.25) is 0 Å². The zero-order valence-electron chi connectivity index (χ0n) is 24.5. The summed E-state index contributed by atoms with van der Waals surface area (Å²) in [6.07, 6.45) is -3.25. The van der Waals surface area contributed by atoms with Crippen LogP contribution in [-0.4, -0.2) is 74.7 Å². The van der Waals surface area contributed by atoms with Crippen LogP contribution in [0.15, 0.2) is 72.8 Å². The van der Waals surface area contributed by atoms with Crippen LogP contribution in [0.3, 0.4) is 0 Å². The van der Waals surface area contributed by atoms with E-state index in [1.165, 1.54) is 0 Å². The van der Waals surface area contributed by atoms with Gasteiger partial charge in [0.05, 0.1) is 17.3 Å². The van der Waals surface area contributed by atoms with Crippen molar-refractivity contribution >= 4 is 5.97 Å². The van der Waals surface area contributed by atoms with Crippen LogP contribution in [0.4, 0.5) is 0 Å². The second kappa shape index (κ2) is 8.75. The zero-order chi connectivity index (χ0) is 30.2. The summed E-state index contributed by atoms with van der Waals surface area (Å²) in [5, 5.41) is 36.4. The third-order valence-corrected chi connectivity index (χ3v) is 11.6. The summed E-state index contributed by atoms with van der Waals surface area (Å²) in [6.45, 7) is 9.89. The lowest BCUT2D eigenvalue weighted by Gasteiger charge is -2.60. The average molecular weight is 591 g/mol. The number of esters is 1. The lowest BCUT2D eigenvalue weighted by molar-refractivity contribution is -0.443. The number of carbonyl (C=O) groups excluding carboxylic acids is 1. The van der Waals surface area contributed by atoms with Crippen LogP contribution < -0.4 is 0 Å². The fourth-order valence-corrected chi connectivity index (χ4v) is 9.58. The summed E-state index contributed by atoms with van der Waals surface area (Å²) in [5.41, 5.74) is -3.76. The summed E-state index contributed by atoms with van der Waals surface area (Å²) < 4.78 is 33.2. The van der Waals surface area contributed by atoms with Gasteiger partial charge in [-0.1, -0.05) is 69.0 Å². The molecule has 3 aliphatic heterocycles. The van der Waals surface area contributed by atoms with Gasteiger partial charge in [0.1, 0.15) is 36.1 Å². The van der Waals surface area contributed by atoms with E-state index in [-0.39, 0.29) is 18.4 Å². The van der Waals surface area contributed by atoms with Gasteiger partial charge in [0.25, 0.3) is 0 Å². The first-order chi connectivity index (χ1) is 20.5. The van der Waals surface area contributed by atoms with Crippen LogP contribution in [-0.2, 0) is 29.7 Å². The van der Waals surface area contributed by atoms with E-state index in [9.17, 15) is 20.1 Å². The molecule has 228 valence electrons. The third-order valence-electron chi connectivity index (χ3n) is 11.6. The summed E-state index contributed by atoms with van der Waals surface area (Å²) in [5.74, 6) is -3.96. The lowest BCUT2D eigenvalue weighted by Crippen LogP contribution is -2.72. The maximum Gasteiger partial charge on any atom is 0.338 e. The summed E-state index contributed by atoms with van der Waals surface area (Å²) in [6, 6.07) is 18.0. The van der Waals surface area contributed by atoms with E-state index in [0.717, 1.165) is 5.57 Å². The first-order valence-electron chi connectivity index (χ1n) is 15.2. The molecule has 1 unspecified atom stereocenters. The first-order valence-corrected chi connectivity index (χ1v) is 15.2. The van der Waals surface area contributed by atoms with Gasteiger partial charge in [-0.25, -0.2) is 4.79 Å². The van der Waals surface area contributed by atoms with Gasteiger partial charge in [-0.3, -0.25) is 0 Å². The summed E-state index contributed by atoms with van der Waals surface area (Å²) in [4.78, 5) is 13.0. The maximum absolute atomic E-state index is 13.0. The number of aliphatic hydroxyl groups excluding tert-OH is 2. The number of epoxide rings is 1. The Morgan fingerprint density at radius 1 is 1.00 bits per heavy atom. The fraction of sp³-hybridized carbons (Fsp3) is 0.559. The minimum absolute atomic E-state index is 0.215. The molecule has 43 heavy (non-hydrogen) atoms. The van der Waals surface area contributed by atoms with Gasteiger partial charge in [0, 0.05) is 17.4 Å². The Labute approximate surface area is 250 Å². The van der Waals surface area contributed by atoms with E-state index < -0.39 is 70.6 Å². The Bertz CT molecular complexity index is 1480. The van der Waals surface area contributed by atoms with Crippen molar-refractivity contribution in [3.8, 4) is 0 Å². The average Bonchev–Trinajstić information content (AvgIpc) is 3.63. The number of rotatable bonds is 5. The zero-order valence-corrected chi connectivity index (χ0v) is 24.5. The fourth-order valence-electron chi connectivity index (χ4n) is 9.58. The molecule has 2 aromatic carbocycles. The molecule has 3 N–H and O–H groups in total. The highest BCUT2D eigenvalue weighted by atomic mass is 16.9. The molecule has 3 saturated carbocycles. The highest BCUT2D eigenvalue weighted by molar-refractivity contribution is 5.89. The Kier molecular flexibility index (Phi) is 5.68. The monoisotopic (exact) mass is 590 g/mol. The summed E-state index contributed by atoms with van der Waals surface area (Å²) in [7, 11) is 0. The first kappa shape index (κ1) is 27.9. The third kappa shape index (κ3) is 3.23. The highest BCUT2D eigenvalue weighted by Gasteiger charge is 2.89. The van der Waals surface area contributed by atoms with Crippen LogP contribution in [0.2, 0.25) is 0 Å². The van der Waals surface area contributed by atoms with Gasteiger partial charge < -0.3 is 39.0 Å². The van der Waals surface area contributed by atoms with Crippen LogP contribution in [0, 0.1) is 23.7 Å². The molecule has 3 heterocycles. The van der Waals surface area contributed by atoms with Crippen LogP contribution in [0.25, 0.3) is 0 Å². The SMILES string of the molecule is C=C(C)[C@]12C[C@@H](C)[C@@]34OC(c5ccccc5)(O[C@@H]1[C@@H]3[C@@H]1O[C@]1(COC(=O)c1ccccc1)[C@@H](O)[C@@]1(O)[C@H]4C[C@H](C)[C@@H]1O)O2. The van der Waals surface area contributed by atoms with Crippen molar-refractivity contribution in [1.82, 2.24) is 0 Å². The number of hydrogen-bond acceptors (Lipinski definition) is 9. The number of carbonyl (C=O) groups is 1. The highest BCUT2D eigenvalue weighted by Crippen LogP contribution is 2.74. The minimum Gasteiger partial charge on any atom is -0.459 e. The Morgan fingerprint density at radius 3 is 2.35 bits per heavy atom. The second-order valence-electron chi connectivity index (χ2n) is 13.8. The smallest absolute Gasteiger partial charge is 0.338 e. The minimum atomic E-state index is -2.02. The Balaban J connectivity index is 1.29. The largest absolute Gasteiger partial charge is 0.459 e. The van der Waals surface area contributed by atoms with Gasteiger partial charge >= 0.3 is 11.9 Å². The van der Waals surface area contributed by atoms with E-state index in [4.69, 9.17) is 23.7 Å².